The summed E-state index contributed by atoms with van der Waals surface area (Å²) in [5, 5.41) is 0. The van der Waals surface area contributed by atoms with Crippen LogP contribution in [-0.2, 0) is 12.8 Å². The molecule has 0 aliphatic carbocycles. The lowest BCUT2D eigenvalue weighted by atomic mass is 10.0. The summed E-state index contributed by atoms with van der Waals surface area (Å²) in [7, 11) is 0. The summed E-state index contributed by atoms with van der Waals surface area (Å²) in [4.78, 5) is 8.58. The predicted molar refractivity (Wildman–Crippen MR) is 69.5 cm³/mol. The molecular weight excluding hydrogens is 208 g/mol. The van der Waals surface area contributed by atoms with Crippen molar-refractivity contribution in [2.45, 2.75) is 12.8 Å². The lowest BCUT2D eigenvalue weighted by Crippen LogP contribution is -1.91. The fourth-order valence-corrected chi connectivity index (χ4v) is 2.06. The zero-order valence-electron chi connectivity index (χ0n) is 9.43. The Bertz CT molecular complexity index is 556. The van der Waals surface area contributed by atoms with Crippen LogP contribution in [0.2, 0.25) is 0 Å². The van der Waals surface area contributed by atoms with E-state index in [1.807, 2.05) is 24.3 Å². The molecule has 0 saturated heterocycles. The van der Waals surface area contributed by atoms with Crippen molar-refractivity contribution in [3.63, 3.8) is 0 Å². The van der Waals surface area contributed by atoms with Gasteiger partial charge in [0, 0.05) is 0 Å². The standard InChI is InChI=1S/C15H12N2/c1-3-7-14-12(5-1)9-10-13-6-2-4-8-15(13)17-11-16-14/h1-8H,9-10H2. The summed E-state index contributed by atoms with van der Waals surface area (Å²) < 4.78 is 0. The molecule has 0 radical (unpaired) electrons. The van der Waals surface area contributed by atoms with E-state index in [1.165, 1.54) is 11.1 Å². The van der Waals surface area contributed by atoms with Crippen LogP contribution in [0.4, 0.5) is 11.4 Å². The van der Waals surface area contributed by atoms with E-state index in [0.29, 0.717) is 0 Å². The molecule has 1 heterocycles. The van der Waals surface area contributed by atoms with Crippen molar-refractivity contribution in [3.8, 4) is 0 Å². The van der Waals surface area contributed by atoms with Gasteiger partial charge in [0.15, 0.2) is 0 Å². The van der Waals surface area contributed by atoms with Gasteiger partial charge in [-0.05, 0) is 36.1 Å². The Balaban J connectivity index is 2.10. The highest BCUT2D eigenvalue weighted by atomic mass is 14.8. The maximum absolute atomic E-state index is 4.29. The van der Waals surface area contributed by atoms with E-state index >= 15 is 0 Å². The minimum Gasteiger partial charge on any atom is -0.187 e. The first-order valence-corrected chi connectivity index (χ1v) is 5.76. The van der Waals surface area contributed by atoms with Crippen molar-refractivity contribution < 1.29 is 0 Å². The third-order valence-electron chi connectivity index (χ3n) is 2.99. The van der Waals surface area contributed by atoms with E-state index in [4.69, 9.17) is 0 Å². The van der Waals surface area contributed by atoms with Crippen LogP contribution < -0.4 is 0 Å². The number of benzene rings is 2. The Kier molecular flexibility index (Phi) is 2.57. The molecule has 1 aliphatic rings. The van der Waals surface area contributed by atoms with Crippen LogP contribution in [0.3, 0.4) is 0 Å². The van der Waals surface area contributed by atoms with Crippen LogP contribution >= 0.6 is 0 Å². The van der Waals surface area contributed by atoms with Crippen molar-refractivity contribution >= 4 is 17.4 Å². The van der Waals surface area contributed by atoms with Crippen molar-refractivity contribution in [3.05, 3.63) is 59.7 Å². The van der Waals surface area contributed by atoms with E-state index in [9.17, 15) is 0 Å². The van der Waals surface area contributed by atoms with Crippen LogP contribution in [0.1, 0.15) is 11.1 Å². The van der Waals surface area contributed by atoms with Gasteiger partial charge in [0.1, 0.15) is 6.01 Å². The summed E-state index contributed by atoms with van der Waals surface area (Å²) in [5.74, 6) is 0. The van der Waals surface area contributed by atoms with Gasteiger partial charge in [-0.3, -0.25) is 0 Å². The van der Waals surface area contributed by atoms with Gasteiger partial charge in [-0.25, -0.2) is 0 Å². The number of rotatable bonds is 0. The first kappa shape index (κ1) is 10.0. The zero-order chi connectivity index (χ0) is 11.5. The molecule has 0 saturated carbocycles. The van der Waals surface area contributed by atoms with E-state index in [0.717, 1.165) is 24.2 Å². The first-order chi connectivity index (χ1) is 8.43. The summed E-state index contributed by atoms with van der Waals surface area (Å²) >= 11 is 0. The summed E-state index contributed by atoms with van der Waals surface area (Å²) in [6.45, 7) is 0. The molecule has 82 valence electrons. The molecule has 0 unspecified atom stereocenters. The molecule has 2 heteroatoms. The molecule has 0 amide bonds. The van der Waals surface area contributed by atoms with Gasteiger partial charge in [-0.2, -0.15) is 9.98 Å². The number of aliphatic imine (C=N–C) groups is 2. The molecule has 17 heavy (non-hydrogen) atoms. The molecule has 2 aromatic carbocycles. The molecule has 0 bridgehead atoms. The quantitative estimate of drug-likeness (QED) is 0.642. The second-order valence-corrected chi connectivity index (χ2v) is 4.08. The van der Waals surface area contributed by atoms with Crippen LogP contribution in [0, 0.1) is 0 Å². The highest BCUT2D eigenvalue weighted by Gasteiger charge is 2.05. The first-order valence-electron chi connectivity index (χ1n) is 5.76. The van der Waals surface area contributed by atoms with Crippen molar-refractivity contribution in [1.82, 2.24) is 0 Å². The molecule has 0 N–H and O–H groups in total. The topological polar surface area (TPSA) is 24.7 Å². The third kappa shape index (κ3) is 2.03. The summed E-state index contributed by atoms with van der Waals surface area (Å²) in [6, 6.07) is 19.1. The minimum absolute atomic E-state index is 0.976. The predicted octanol–water partition coefficient (Wildman–Crippen LogP) is 3.92. The average Bonchev–Trinajstić information content (AvgIpc) is 2.47. The molecule has 2 nitrogen and oxygen atoms in total. The highest BCUT2D eigenvalue weighted by molar-refractivity contribution is 5.62. The maximum atomic E-state index is 4.29. The zero-order valence-corrected chi connectivity index (χ0v) is 9.43. The second kappa shape index (κ2) is 4.36. The molecule has 0 spiro atoms. The van der Waals surface area contributed by atoms with E-state index in [2.05, 4.69) is 40.3 Å². The van der Waals surface area contributed by atoms with Gasteiger partial charge in [-0.1, -0.05) is 36.4 Å². The van der Waals surface area contributed by atoms with Gasteiger partial charge < -0.3 is 0 Å². The molecular formula is C15H12N2. The van der Waals surface area contributed by atoms with Gasteiger partial charge in [-0.15, -0.1) is 0 Å². The van der Waals surface area contributed by atoms with Crippen LogP contribution in [0.25, 0.3) is 0 Å². The van der Waals surface area contributed by atoms with Gasteiger partial charge in [0.25, 0.3) is 0 Å². The number of hydrogen-bond donors (Lipinski definition) is 0. The minimum atomic E-state index is 0.976. The number of hydrogen-bond acceptors (Lipinski definition) is 2. The van der Waals surface area contributed by atoms with Gasteiger partial charge in [0.05, 0.1) is 11.4 Å². The Morgan fingerprint density at radius 2 is 1.18 bits per heavy atom. The largest absolute Gasteiger partial charge is 0.187 e. The highest BCUT2D eigenvalue weighted by Crippen LogP contribution is 2.25. The van der Waals surface area contributed by atoms with E-state index < -0.39 is 0 Å². The smallest absolute Gasteiger partial charge is 0.100 e. The van der Waals surface area contributed by atoms with E-state index in [-0.39, 0.29) is 0 Å². The Hall–Kier alpha value is -2.18. The molecule has 0 atom stereocenters. The fraction of sp³-hybridized carbons (Fsp3) is 0.133. The second-order valence-electron chi connectivity index (χ2n) is 4.08. The van der Waals surface area contributed by atoms with Crippen molar-refractivity contribution in [1.29, 1.82) is 0 Å². The van der Waals surface area contributed by atoms with Crippen molar-refractivity contribution in [2.75, 3.05) is 0 Å². The molecule has 0 aromatic heterocycles. The maximum Gasteiger partial charge on any atom is 0.100 e. The summed E-state index contributed by atoms with van der Waals surface area (Å²) in [6.07, 6.45) is 1.99. The van der Waals surface area contributed by atoms with Gasteiger partial charge >= 0.3 is 0 Å². The Morgan fingerprint density at radius 3 is 1.71 bits per heavy atom. The molecule has 1 aliphatic heterocycles. The van der Waals surface area contributed by atoms with Crippen LogP contribution in [0.15, 0.2) is 58.5 Å². The lowest BCUT2D eigenvalue weighted by molar-refractivity contribution is 0.961. The Labute approximate surface area is 100 Å². The molecule has 3 rings (SSSR count). The number of aryl methyl sites for hydroxylation is 2. The third-order valence-corrected chi connectivity index (χ3v) is 2.99. The monoisotopic (exact) mass is 220 g/mol. The number of para-hydroxylation sites is 2. The molecule has 0 fully saturated rings. The van der Waals surface area contributed by atoms with Crippen LogP contribution in [-0.4, -0.2) is 6.01 Å². The lowest BCUT2D eigenvalue weighted by Gasteiger charge is -2.05. The SMILES string of the molecule is C1=Nc2ccccc2CCc2ccccc2N=1. The fourth-order valence-electron chi connectivity index (χ4n) is 2.06. The molecule has 2 aromatic rings. The number of fused-ring (bicyclic) bond motifs is 2. The normalized spacial score (nSPS) is 13.2. The summed E-state index contributed by atoms with van der Waals surface area (Å²) in [5.41, 5.74) is 4.46. The van der Waals surface area contributed by atoms with Crippen LogP contribution in [0.5, 0.6) is 0 Å². The Morgan fingerprint density at radius 1 is 0.706 bits per heavy atom. The number of nitrogens with zero attached hydrogens (tertiary/aromatic N) is 2. The average molecular weight is 220 g/mol. The van der Waals surface area contributed by atoms with E-state index in [1.54, 1.807) is 0 Å². The van der Waals surface area contributed by atoms with Crippen molar-refractivity contribution in [2.24, 2.45) is 9.98 Å². The van der Waals surface area contributed by atoms with Gasteiger partial charge in [0.2, 0.25) is 0 Å².